The molecule has 1 aromatic heterocycles. The van der Waals surface area contributed by atoms with E-state index in [0.29, 0.717) is 23.8 Å². The molecule has 0 aliphatic rings. The second-order valence-corrected chi connectivity index (χ2v) is 3.80. The molecule has 0 aromatic carbocycles. The Morgan fingerprint density at radius 3 is 2.56 bits per heavy atom. The van der Waals surface area contributed by atoms with Crippen molar-refractivity contribution < 1.29 is 13.2 Å². The standard InChI is InChI=1S/C10H12ClF3N2/c11-8-3-4-9(16-7-8)15-6-2-1-5-10(12,13)14/h3-4,7H,1-2,5-6H2,(H,15,16). The average Bonchev–Trinajstić information content (AvgIpc) is 2.19. The molecule has 0 radical (unpaired) electrons. The van der Waals surface area contributed by atoms with Crippen LogP contribution in [0.5, 0.6) is 0 Å². The van der Waals surface area contributed by atoms with Gasteiger partial charge in [0.05, 0.1) is 5.02 Å². The van der Waals surface area contributed by atoms with E-state index in [9.17, 15) is 13.2 Å². The normalized spacial score (nSPS) is 11.5. The minimum atomic E-state index is -4.06. The van der Waals surface area contributed by atoms with Gasteiger partial charge >= 0.3 is 6.18 Å². The average molecular weight is 253 g/mol. The van der Waals surface area contributed by atoms with E-state index in [2.05, 4.69) is 10.3 Å². The summed E-state index contributed by atoms with van der Waals surface area (Å²) in [6, 6.07) is 3.36. The van der Waals surface area contributed by atoms with Crippen LogP contribution in [-0.4, -0.2) is 17.7 Å². The largest absolute Gasteiger partial charge is 0.389 e. The molecule has 0 bridgehead atoms. The van der Waals surface area contributed by atoms with E-state index >= 15 is 0 Å². The Balaban J connectivity index is 2.14. The summed E-state index contributed by atoms with van der Waals surface area (Å²) in [4.78, 5) is 3.96. The van der Waals surface area contributed by atoms with E-state index in [-0.39, 0.29) is 6.42 Å². The maximum absolute atomic E-state index is 11.8. The summed E-state index contributed by atoms with van der Waals surface area (Å²) in [7, 11) is 0. The van der Waals surface area contributed by atoms with Gasteiger partial charge in [-0.3, -0.25) is 0 Å². The molecule has 1 heterocycles. The van der Waals surface area contributed by atoms with Crippen LogP contribution in [0.2, 0.25) is 5.02 Å². The molecule has 2 nitrogen and oxygen atoms in total. The van der Waals surface area contributed by atoms with Gasteiger partial charge in [-0.05, 0) is 25.0 Å². The molecule has 0 saturated heterocycles. The molecule has 0 atom stereocenters. The Kier molecular flexibility index (Phi) is 4.86. The summed E-state index contributed by atoms with van der Waals surface area (Å²) in [5.41, 5.74) is 0. The number of hydrogen-bond acceptors (Lipinski definition) is 2. The molecule has 0 aliphatic carbocycles. The lowest BCUT2D eigenvalue weighted by atomic mass is 10.2. The first-order valence-electron chi connectivity index (χ1n) is 4.89. The molecule has 0 aliphatic heterocycles. The van der Waals surface area contributed by atoms with Crippen LogP contribution in [0.1, 0.15) is 19.3 Å². The number of alkyl halides is 3. The van der Waals surface area contributed by atoms with Crippen molar-refractivity contribution in [3.05, 3.63) is 23.4 Å². The SMILES string of the molecule is FC(F)(F)CCCCNc1ccc(Cl)cn1. The Bertz CT molecular complexity index is 311. The molecule has 90 valence electrons. The first kappa shape index (κ1) is 13.1. The fraction of sp³-hybridized carbons (Fsp3) is 0.500. The van der Waals surface area contributed by atoms with Gasteiger partial charge in [-0.25, -0.2) is 4.98 Å². The number of pyridine rings is 1. The van der Waals surface area contributed by atoms with Crippen LogP contribution in [0.3, 0.4) is 0 Å². The predicted molar refractivity (Wildman–Crippen MR) is 57.6 cm³/mol. The number of hydrogen-bond donors (Lipinski definition) is 1. The zero-order valence-electron chi connectivity index (χ0n) is 8.52. The molecule has 1 N–H and O–H groups in total. The molecule has 1 rings (SSSR count). The van der Waals surface area contributed by atoms with Crippen LogP contribution in [0, 0.1) is 0 Å². The smallest absolute Gasteiger partial charge is 0.370 e. The van der Waals surface area contributed by atoms with Crippen molar-refractivity contribution in [3.8, 4) is 0 Å². The lowest BCUT2D eigenvalue weighted by Gasteiger charge is -2.07. The summed E-state index contributed by atoms with van der Waals surface area (Å²) >= 11 is 5.63. The van der Waals surface area contributed by atoms with Gasteiger partial charge in [0.2, 0.25) is 0 Å². The first-order valence-corrected chi connectivity index (χ1v) is 5.27. The van der Waals surface area contributed by atoms with E-state index in [1.165, 1.54) is 6.20 Å². The Hall–Kier alpha value is -0.970. The summed E-state index contributed by atoms with van der Waals surface area (Å²) < 4.78 is 35.4. The van der Waals surface area contributed by atoms with E-state index in [4.69, 9.17) is 11.6 Å². The van der Waals surface area contributed by atoms with Gasteiger partial charge in [0.1, 0.15) is 5.82 Å². The fourth-order valence-electron chi connectivity index (χ4n) is 1.15. The van der Waals surface area contributed by atoms with Crippen molar-refractivity contribution in [2.75, 3.05) is 11.9 Å². The van der Waals surface area contributed by atoms with E-state index in [1.807, 2.05) is 0 Å². The zero-order valence-corrected chi connectivity index (χ0v) is 9.28. The number of nitrogens with one attached hydrogen (secondary N) is 1. The molecule has 0 unspecified atom stereocenters. The third kappa shape index (κ3) is 5.80. The van der Waals surface area contributed by atoms with Crippen LogP contribution >= 0.6 is 11.6 Å². The second kappa shape index (κ2) is 5.94. The second-order valence-electron chi connectivity index (χ2n) is 3.36. The van der Waals surface area contributed by atoms with Crippen molar-refractivity contribution in [3.63, 3.8) is 0 Å². The van der Waals surface area contributed by atoms with Gasteiger partial charge < -0.3 is 5.32 Å². The minimum absolute atomic E-state index is 0.129. The summed E-state index contributed by atoms with van der Waals surface area (Å²) in [5, 5.41) is 3.45. The minimum Gasteiger partial charge on any atom is -0.370 e. The van der Waals surface area contributed by atoms with Gasteiger partial charge in [0.15, 0.2) is 0 Å². The summed E-state index contributed by atoms with van der Waals surface area (Å²) in [5.74, 6) is 0.622. The first-order chi connectivity index (χ1) is 7.47. The molecule has 0 saturated carbocycles. The number of halogens is 4. The highest BCUT2D eigenvalue weighted by atomic mass is 35.5. The third-order valence-electron chi connectivity index (χ3n) is 1.92. The number of rotatable bonds is 5. The van der Waals surface area contributed by atoms with Crippen molar-refractivity contribution in [2.24, 2.45) is 0 Å². The maximum Gasteiger partial charge on any atom is 0.389 e. The van der Waals surface area contributed by atoms with Gasteiger partial charge in [-0.1, -0.05) is 11.6 Å². The van der Waals surface area contributed by atoms with Crippen LogP contribution in [0.25, 0.3) is 0 Å². The Morgan fingerprint density at radius 1 is 1.25 bits per heavy atom. The number of aromatic nitrogens is 1. The Labute approximate surface area is 96.8 Å². The number of nitrogens with zero attached hydrogens (tertiary/aromatic N) is 1. The molecule has 0 amide bonds. The third-order valence-corrected chi connectivity index (χ3v) is 2.14. The van der Waals surface area contributed by atoms with Crippen LogP contribution in [0.4, 0.5) is 19.0 Å². The fourth-order valence-corrected chi connectivity index (χ4v) is 1.26. The molecular weight excluding hydrogens is 241 g/mol. The molecule has 1 aromatic rings. The number of anilines is 1. The molecule has 6 heteroatoms. The van der Waals surface area contributed by atoms with Crippen LogP contribution in [0.15, 0.2) is 18.3 Å². The molecule has 0 spiro atoms. The Morgan fingerprint density at radius 2 is 2.00 bits per heavy atom. The van der Waals surface area contributed by atoms with Crippen LogP contribution < -0.4 is 5.32 Å². The van der Waals surface area contributed by atoms with Gasteiger partial charge in [-0.2, -0.15) is 13.2 Å². The topological polar surface area (TPSA) is 24.9 Å². The van der Waals surface area contributed by atoms with Crippen LogP contribution in [-0.2, 0) is 0 Å². The van der Waals surface area contributed by atoms with Gasteiger partial charge in [0.25, 0.3) is 0 Å². The van der Waals surface area contributed by atoms with E-state index < -0.39 is 12.6 Å². The van der Waals surface area contributed by atoms with Crippen molar-refractivity contribution in [1.82, 2.24) is 4.98 Å². The zero-order chi connectivity index (χ0) is 12.0. The van der Waals surface area contributed by atoms with E-state index in [0.717, 1.165) is 0 Å². The monoisotopic (exact) mass is 252 g/mol. The quantitative estimate of drug-likeness (QED) is 0.805. The maximum atomic E-state index is 11.8. The van der Waals surface area contributed by atoms with Gasteiger partial charge in [0, 0.05) is 19.2 Å². The van der Waals surface area contributed by atoms with Crippen molar-refractivity contribution >= 4 is 17.4 Å². The highest BCUT2D eigenvalue weighted by molar-refractivity contribution is 6.30. The highest BCUT2D eigenvalue weighted by Gasteiger charge is 2.25. The number of unbranched alkanes of at least 4 members (excludes halogenated alkanes) is 1. The van der Waals surface area contributed by atoms with Crippen molar-refractivity contribution in [1.29, 1.82) is 0 Å². The van der Waals surface area contributed by atoms with Gasteiger partial charge in [-0.15, -0.1) is 0 Å². The summed E-state index contributed by atoms with van der Waals surface area (Å²) in [6.07, 6.45) is -2.71. The lowest BCUT2D eigenvalue weighted by molar-refractivity contribution is -0.135. The predicted octanol–water partition coefficient (Wildman–Crippen LogP) is 3.88. The molecular formula is C10H12ClF3N2. The van der Waals surface area contributed by atoms with Crippen molar-refractivity contribution in [2.45, 2.75) is 25.4 Å². The lowest BCUT2D eigenvalue weighted by Crippen LogP contribution is -2.09. The van der Waals surface area contributed by atoms with E-state index in [1.54, 1.807) is 12.1 Å². The molecule has 0 fully saturated rings. The highest BCUT2D eigenvalue weighted by Crippen LogP contribution is 2.22. The molecule has 16 heavy (non-hydrogen) atoms. The summed E-state index contributed by atoms with van der Waals surface area (Å²) in [6.45, 7) is 0.477.